The summed E-state index contributed by atoms with van der Waals surface area (Å²) in [6, 6.07) is 17.4. The summed E-state index contributed by atoms with van der Waals surface area (Å²) < 4.78 is 39.7. The highest BCUT2D eigenvalue weighted by Gasteiger charge is 2.27. The number of carbonyl (C=O) groups is 1. The zero-order valence-corrected chi connectivity index (χ0v) is 20.5. The molecule has 0 fully saturated rings. The van der Waals surface area contributed by atoms with Gasteiger partial charge in [-0.15, -0.1) is 0 Å². The number of nitrogens with zero attached hydrogens (tertiary/aromatic N) is 1. The van der Waals surface area contributed by atoms with Gasteiger partial charge in [0.1, 0.15) is 16.4 Å². The number of amides is 1. The summed E-state index contributed by atoms with van der Waals surface area (Å²) in [6.45, 7) is 4.53. The van der Waals surface area contributed by atoms with Crippen LogP contribution in [0.3, 0.4) is 0 Å². The molecule has 0 saturated carbocycles. The third kappa shape index (κ3) is 4.59. The molecule has 8 heteroatoms. The van der Waals surface area contributed by atoms with Crippen molar-refractivity contribution in [2.24, 2.45) is 0 Å². The number of methoxy groups -OCH3 is 2. The van der Waals surface area contributed by atoms with Gasteiger partial charge in [-0.2, -0.15) is 0 Å². The molecule has 0 unspecified atom stereocenters. The maximum atomic E-state index is 13.3. The molecule has 1 N–H and O–H groups in total. The highest BCUT2D eigenvalue weighted by Crippen LogP contribution is 2.34. The molecule has 0 aromatic heterocycles. The fourth-order valence-corrected chi connectivity index (χ4v) is 5.27. The van der Waals surface area contributed by atoms with Gasteiger partial charge in [0.25, 0.3) is 15.9 Å². The Hall–Kier alpha value is -3.52. The summed E-state index contributed by atoms with van der Waals surface area (Å²) in [7, 11) is -0.899. The fraction of sp³-hybridized carbons (Fsp3) is 0.269. The molecule has 1 aliphatic heterocycles. The number of sulfonamides is 1. The lowest BCUT2D eigenvalue weighted by Gasteiger charge is -2.19. The van der Waals surface area contributed by atoms with Crippen LogP contribution in [0.1, 0.15) is 41.3 Å². The quantitative estimate of drug-likeness (QED) is 0.524. The van der Waals surface area contributed by atoms with Crippen LogP contribution in [-0.4, -0.2) is 35.1 Å². The molecule has 0 bridgehead atoms. The number of benzene rings is 3. The van der Waals surface area contributed by atoms with Gasteiger partial charge in [0.2, 0.25) is 0 Å². The summed E-state index contributed by atoms with van der Waals surface area (Å²) in [5.74, 6) is 0.964. The SMILES string of the molecule is COc1ccc(C(=O)N2CCc3ccc(NS(=O)(=O)c4cc(C(C)C)ccc4OC)cc32)cc1. The molecule has 0 radical (unpaired) electrons. The fourth-order valence-electron chi connectivity index (χ4n) is 4.02. The minimum Gasteiger partial charge on any atom is -0.497 e. The smallest absolute Gasteiger partial charge is 0.265 e. The van der Waals surface area contributed by atoms with Gasteiger partial charge in [-0.05, 0) is 72.0 Å². The average Bonchev–Trinajstić information content (AvgIpc) is 3.26. The molecule has 0 aliphatic carbocycles. The molecule has 1 aliphatic rings. The Kier molecular flexibility index (Phi) is 6.52. The molecule has 0 spiro atoms. The van der Waals surface area contributed by atoms with E-state index in [0.29, 0.717) is 35.7 Å². The van der Waals surface area contributed by atoms with Crippen LogP contribution in [0.25, 0.3) is 0 Å². The Balaban J connectivity index is 1.63. The van der Waals surface area contributed by atoms with Crippen molar-refractivity contribution in [3.8, 4) is 11.5 Å². The topological polar surface area (TPSA) is 84.9 Å². The van der Waals surface area contributed by atoms with E-state index in [9.17, 15) is 13.2 Å². The van der Waals surface area contributed by atoms with Crippen LogP contribution in [0.5, 0.6) is 11.5 Å². The summed E-state index contributed by atoms with van der Waals surface area (Å²) >= 11 is 0. The largest absolute Gasteiger partial charge is 0.497 e. The maximum absolute atomic E-state index is 13.3. The molecular weight excluding hydrogens is 452 g/mol. The van der Waals surface area contributed by atoms with E-state index in [2.05, 4.69) is 4.72 Å². The summed E-state index contributed by atoms with van der Waals surface area (Å²) in [4.78, 5) is 14.9. The zero-order chi connectivity index (χ0) is 24.5. The summed E-state index contributed by atoms with van der Waals surface area (Å²) in [6.07, 6.45) is 0.703. The number of ether oxygens (including phenoxy) is 2. The van der Waals surface area contributed by atoms with Gasteiger partial charge in [0.05, 0.1) is 19.9 Å². The highest BCUT2D eigenvalue weighted by atomic mass is 32.2. The molecule has 1 heterocycles. The van der Waals surface area contributed by atoms with Gasteiger partial charge >= 0.3 is 0 Å². The lowest BCUT2D eigenvalue weighted by Crippen LogP contribution is -2.28. The van der Waals surface area contributed by atoms with E-state index in [1.165, 1.54) is 7.11 Å². The molecule has 178 valence electrons. The Morgan fingerprint density at radius 1 is 0.971 bits per heavy atom. The van der Waals surface area contributed by atoms with E-state index in [1.807, 2.05) is 26.0 Å². The average molecular weight is 481 g/mol. The first kappa shape index (κ1) is 23.6. The van der Waals surface area contributed by atoms with E-state index in [0.717, 1.165) is 11.1 Å². The lowest BCUT2D eigenvalue weighted by atomic mass is 10.0. The van der Waals surface area contributed by atoms with Crippen LogP contribution >= 0.6 is 0 Å². The zero-order valence-electron chi connectivity index (χ0n) is 19.7. The first-order valence-electron chi connectivity index (χ1n) is 11.0. The molecule has 1 amide bonds. The third-order valence-corrected chi connectivity index (χ3v) is 7.36. The van der Waals surface area contributed by atoms with Gasteiger partial charge in [0, 0.05) is 17.8 Å². The second-order valence-corrected chi connectivity index (χ2v) is 10.1. The van der Waals surface area contributed by atoms with E-state index >= 15 is 0 Å². The number of hydrogen-bond acceptors (Lipinski definition) is 5. The Bertz CT molecular complexity index is 1320. The summed E-state index contributed by atoms with van der Waals surface area (Å²) in [5.41, 5.74) is 3.50. The third-order valence-electron chi connectivity index (χ3n) is 5.96. The van der Waals surface area contributed by atoms with Crippen LogP contribution in [0.2, 0.25) is 0 Å². The predicted octanol–water partition coefficient (Wildman–Crippen LogP) is 4.83. The van der Waals surface area contributed by atoms with Crippen LogP contribution < -0.4 is 19.1 Å². The molecule has 3 aromatic carbocycles. The van der Waals surface area contributed by atoms with Crippen molar-refractivity contribution < 1.29 is 22.7 Å². The molecule has 0 atom stereocenters. The van der Waals surface area contributed by atoms with Crippen molar-refractivity contribution in [2.75, 3.05) is 30.4 Å². The normalized spacial score (nSPS) is 13.0. The molecule has 0 saturated heterocycles. The Labute approximate surface area is 200 Å². The number of hydrogen-bond donors (Lipinski definition) is 1. The van der Waals surface area contributed by atoms with Crippen molar-refractivity contribution in [1.82, 2.24) is 0 Å². The van der Waals surface area contributed by atoms with Gasteiger partial charge in [0.15, 0.2) is 0 Å². The van der Waals surface area contributed by atoms with E-state index in [-0.39, 0.29) is 22.5 Å². The van der Waals surface area contributed by atoms with Crippen molar-refractivity contribution in [3.05, 3.63) is 77.4 Å². The Morgan fingerprint density at radius 2 is 1.71 bits per heavy atom. The van der Waals surface area contributed by atoms with E-state index < -0.39 is 10.0 Å². The number of carbonyl (C=O) groups excluding carboxylic acids is 1. The number of rotatable bonds is 7. The van der Waals surface area contributed by atoms with Crippen LogP contribution in [0.15, 0.2) is 65.6 Å². The monoisotopic (exact) mass is 480 g/mol. The number of nitrogens with one attached hydrogen (secondary N) is 1. The van der Waals surface area contributed by atoms with Crippen molar-refractivity contribution in [3.63, 3.8) is 0 Å². The first-order valence-corrected chi connectivity index (χ1v) is 12.5. The Morgan fingerprint density at radius 3 is 2.35 bits per heavy atom. The minimum absolute atomic E-state index is 0.0767. The van der Waals surface area contributed by atoms with Crippen LogP contribution in [0.4, 0.5) is 11.4 Å². The van der Waals surface area contributed by atoms with Gasteiger partial charge < -0.3 is 14.4 Å². The predicted molar refractivity (Wildman–Crippen MR) is 133 cm³/mol. The molecule has 7 nitrogen and oxygen atoms in total. The van der Waals surface area contributed by atoms with Crippen LogP contribution in [-0.2, 0) is 16.4 Å². The number of fused-ring (bicyclic) bond motifs is 1. The van der Waals surface area contributed by atoms with Gasteiger partial charge in [-0.3, -0.25) is 9.52 Å². The number of anilines is 2. The van der Waals surface area contributed by atoms with E-state index in [4.69, 9.17) is 9.47 Å². The molecule has 34 heavy (non-hydrogen) atoms. The van der Waals surface area contributed by atoms with Crippen molar-refractivity contribution in [2.45, 2.75) is 31.1 Å². The summed E-state index contributed by atoms with van der Waals surface area (Å²) in [5, 5.41) is 0. The first-order chi connectivity index (χ1) is 16.2. The minimum atomic E-state index is -3.92. The second-order valence-electron chi connectivity index (χ2n) is 8.45. The van der Waals surface area contributed by atoms with Gasteiger partial charge in [-0.1, -0.05) is 26.0 Å². The van der Waals surface area contributed by atoms with Crippen LogP contribution in [0, 0.1) is 0 Å². The van der Waals surface area contributed by atoms with E-state index in [1.54, 1.807) is 60.5 Å². The second kappa shape index (κ2) is 9.38. The van der Waals surface area contributed by atoms with Crippen molar-refractivity contribution in [1.29, 1.82) is 0 Å². The van der Waals surface area contributed by atoms with Gasteiger partial charge in [-0.25, -0.2) is 8.42 Å². The molecule has 3 aromatic rings. The lowest BCUT2D eigenvalue weighted by molar-refractivity contribution is 0.0989. The highest BCUT2D eigenvalue weighted by molar-refractivity contribution is 7.92. The standard InChI is InChI=1S/C26H28N2O5S/c1-17(2)20-8-12-24(33-4)25(15-20)34(30,31)27-21-9-5-18-13-14-28(23(18)16-21)26(29)19-6-10-22(32-3)11-7-19/h5-12,15-17,27H,13-14H2,1-4H3. The maximum Gasteiger partial charge on any atom is 0.265 e. The molecule has 4 rings (SSSR count). The van der Waals surface area contributed by atoms with Crippen molar-refractivity contribution >= 4 is 27.3 Å². The molecular formula is C26H28N2O5S.